The van der Waals surface area contributed by atoms with E-state index in [1.807, 2.05) is 0 Å². The number of nitrogens with zero attached hydrogens (tertiary/aromatic N) is 4. The molecule has 0 bridgehead atoms. The summed E-state index contributed by atoms with van der Waals surface area (Å²) in [7, 11) is -10.9. The van der Waals surface area contributed by atoms with Gasteiger partial charge in [-0.25, -0.2) is 23.9 Å². The maximum Gasteiger partial charge on any atom is 1.00 e. The number of rotatable bonds is 10. The summed E-state index contributed by atoms with van der Waals surface area (Å²) < 4.78 is 49.8. The van der Waals surface area contributed by atoms with Crippen LogP contribution in [-0.4, -0.2) is 99.2 Å². The maximum atomic E-state index is 12.3. The van der Waals surface area contributed by atoms with E-state index in [-0.39, 0.29) is 64.6 Å². The van der Waals surface area contributed by atoms with Crippen molar-refractivity contribution in [2.24, 2.45) is 0 Å². The summed E-state index contributed by atoms with van der Waals surface area (Å²) in [4.78, 5) is 38.1. The minimum atomic E-state index is -5.44. The van der Waals surface area contributed by atoms with Crippen molar-refractivity contribution in [1.29, 1.82) is 5.41 Å². The molecule has 0 spiro atoms. The van der Waals surface area contributed by atoms with Crippen LogP contribution in [0.4, 0.5) is 0 Å². The van der Waals surface area contributed by atoms with Gasteiger partial charge in [0, 0.05) is 12.4 Å². The van der Waals surface area contributed by atoms with Crippen LogP contribution in [0.1, 0.15) is 12.5 Å². The van der Waals surface area contributed by atoms with Crippen molar-refractivity contribution in [2.75, 3.05) is 13.2 Å². The second-order valence-corrected chi connectivity index (χ2v) is 11.7. The number of hydrogen-bond acceptors (Lipinski definition) is 17. The average Bonchev–Trinajstić information content (AvgIpc) is 3.31. The second-order valence-electron chi connectivity index (χ2n) is 8.66. The Kier molecular flexibility index (Phi) is 13.7. The van der Waals surface area contributed by atoms with Gasteiger partial charge < -0.3 is 54.5 Å². The summed E-state index contributed by atoms with van der Waals surface area (Å²) in [6.45, 7) is -2.01. The van der Waals surface area contributed by atoms with Gasteiger partial charge in [0.25, 0.3) is 0 Å². The maximum absolute atomic E-state index is 12.3. The first kappa shape index (κ1) is 38.6. The molecule has 0 radical (unpaired) electrons. The van der Waals surface area contributed by atoms with E-state index in [1.165, 1.54) is 0 Å². The Morgan fingerprint density at radius 1 is 0.837 bits per heavy atom. The number of hydrogen-bond donors (Lipinski definition) is 7. The van der Waals surface area contributed by atoms with Crippen LogP contribution in [0, 0.1) is 5.41 Å². The largest absolute Gasteiger partial charge is 1.00 e. The van der Waals surface area contributed by atoms with Gasteiger partial charge in [0.1, 0.15) is 42.1 Å². The van der Waals surface area contributed by atoms with Gasteiger partial charge >= 0.3 is 80.4 Å². The molecule has 2 aromatic rings. The summed E-state index contributed by atoms with van der Waals surface area (Å²) in [6.07, 6.45) is -11.3. The van der Waals surface area contributed by atoms with Crippen molar-refractivity contribution in [1.82, 2.24) is 19.1 Å². The Hall–Kier alpha value is -0.620. The molecule has 0 aliphatic carbocycles. The minimum absolute atomic E-state index is 0. The van der Waals surface area contributed by atoms with E-state index in [0.29, 0.717) is 4.57 Å². The van der Waals surface area contributed by atoms with E-state index in [1.54, 1.807) is 0 Å². The molecule has 2 unspecified atom stereocenters. The van der Waals surface area contributed by atoms with E-state index < -0.39 is 95.5 Å². The summed E-state index contributed by atoms with van der Waals surface area (Å²) >= 11 is 0. The first-order valence-electron chi connectivity index (χ1n) is 11.3. The fraction of sp³-hybridized carbons (Fsp3) is 0.556. The quantitative estimate of drug-likeness (QED) is 0.0909. The predicted octanol–water partition coefficient (Wildman–Crippen LogP) is -10.7. The number of aliphatic hydroxyl groups is 4. The van der Waals surface area contributed by atoms with Gasteiger partial charge in [0.2, 0.25) is 0 Å². The molecule has 228 valence electrons. The first-order chi connectivity index (χ1) is 19.1. The number of aliphatic hydroxyl groups excluding tert-OH is 4. The average molecular weight is 673 g/mol. The third-order valence-corrected chi connectivity index (χ3v) is 8.47. The molecule has 43 heavy (non-hydrogen) atoms. The zero-order chi connectivity index (χ0) is 30.3. The number of phosphoric ester groups is 2. The Morgan fingerprint density at radius 3 is 1.77 bits per heavy atom. The van der Waals surface area contributed by atoms with Crippen molar-refractivity contribution in [3.8, 4) is 11.9 Å². The van der Waals surface area contributed by atoms with Crippen LogP contribution >= 0.6 is 15.6 Å². The van der Waals surface area contributed by atoms with Gasteiger partial charge in [0.05, 0.1) is 19.2 Å². The van der Waals surface area contributed by atoms with E-state index >= 15 is 0 Å². The van der Waals surface area contributed by atoms with E-state index in [2.05, 4.69) is 23.3 Å². The Balaban J connectivity index is 0.00000323. The van der Waals surface area contributed by atoms with E-state index in [4.69, 9.17) is 14.9 Å². The molecule has 2 fully saturated rings. The van der Waals surface area contributed by atoms with Crippen molar-refractivity contribution < 1.29 is 132 Å². The van der Waals surface area contributed by atoms with Crippen LogP contribution in [0.5, 0.6) is 11.9 Å². The molecule has 4 rings (SSSR count). The van der Waals surface area contributed by atoms with E-state index in [0.717, 1.165) is 29.1 Å². The molecule has 2 aromatic heterocycles. The third-order valence-electron chi connectivity index (χ3n) is 5.87. The van der Waals surface area contributed by atoms with Crippen LogP contribution in [0.2, 0.25) is 0 Å². The third kappa shape index (κ3) is 9.23. The molecule has 4 heterocycles. The summed E-state index contributed by atoms with van der Waals surface area (Å²) in [5.74, 6) is -0.870. The molecule has 2 saturated heterocycles. The first-order valence-corrected chi connectivity index (χ1v) is 14.3. The molecule has 2 aliphatic rings. The number of ether oxygens (including phenoxy) is 2. The molecule has 7 N–H and O–H groups in total. The van der Waals surface area contributed by atoms with Crippen LogP contribution in [0.25, 0.3) is 0 Å². The standard InChI is InChI=1S/C18H25N5O16P2.2Na/c19-9-1-3-22(17(29)20-9)15-13(27)11(25)7(37-15)5-35-40(31,32)39-41(33,34)36-6-8-12(26)14(28)16(38-8)23-4-2-10(24)21-18(23)30;;/h1-4,7-8,11-16,25-28H,5-6H2,(H,31,32)(H,33,34)(H2,19,20,29)(H,21,24,30);;/q;2*+1/p-2/t7-,8-,11-,12-,13-,14-,15-,16-;;/m1../s1. The van der Waals surface area contributed by atoms with Crippen LogP contribution in [0.15, 0.2) is 29.3 Å². The molecular formula is C18H23N5Na2O16P2. The fourth-order valence-corrected chi connectivity index (χ4v) is 5.99. The van der Waals surface area contributed by atoms with Crippen molar-refractivity contribution in [3.05, 3.63) is 40.5 Å². The van der Waals surface area contributed by atoms with Crippen molar-refractivity contribution >= 4 is 15.6 Å². The fourth-order valence-electron chi connectivity index (χ4n) is 3.90. The summed E-state index contributed by atoms with van der Waals surface area (Å²) in [5, 5.41) is 71.2. The molecule has 2 aliphatic heterocycles. The van der Waals surface area contributed by atoms with E-state index in [9.17, 15) is 54.4 Å². The normalized spacial score (nSPS) is 31.4. The minimum Gasteiger partial charge on any atom is -0.858 e. The van der Waals surface area contributed by atoms with Gasteiger partial charge in [-0.2, -0.15) is 4.31 Å². The Bertz CT molecular complexity index is 1480. The van der Waals surface area contributed by atoms with Crippen LogP contribution in [0.3, 0.4) is 0 Å². The van der Waals surface area contributed by atoms with Gasteiger partial charge in [-0.1, -0.05) is 0 Å². The smallest absolute Gasteiger partial charge is 0.858 e. The number of nitrogens with one attached hydrogen (secondary N) is 1. The zero-order valence-corrected chi connectivity index (χ0v) is 28.1. The zero-order valence-electron chi connectivity index (χ0n) is 22.3. The summed E-state index contributed by atoms with van der Waals surface area (Å²) in [6, 6.07) is 0.982. The van der Waals surface area contributed by atoms with Gasteiger partial charge in [-0.15, -0.1) is 0 Å². The van der Waals surface area contributed by atoms with Gasteiger partial charge in [-0.3, -0.25) is 19.0 Å². The second kappa shape index (κ2) is 15.3. The molecule has 0 aromatic carbocycles. The number of aromatic nitrogens is 4. The SMILES string of the molecule is N=c1ccn([C@@H]2O[C@H](COP(=O)(O)OP(=O)(O)OC[C@H]3O[C@@H](n4ccc([O-])nc4=O)[C@H](O)[C@@H]3O)[C@@H](O)[C@H]2O)c([O-])n1.[Na+].[Na+]. The Labute approximate surface area is 284 Å². The molecule has 0 amide bonds. The van der Waals surface area contributed by atoms with Crippen molar-refractivity contribution in [2.45, 2.75) is 49.1 Å². The van der Waals surface area contributed by atoms with Crippen LogP contribution in [-0.2, 0) is 32.0 Å². The topological polar surface area (TPSA) is 324 Å². The molecule has 0 saturated carbocycles. The molecular weight excluding hydrogens is 650 g/mol. The summed E-state index contributed by atoms with van der Waals surface area (Å²) in [5.41, 5.74) is -1.49. The molecule has 10 atom stereocenters. The predicted molar refractivity (Wildman–Crippen MR) is 120 cm³/mol. The van der Waals surface area contributed by atoms with Gasteiger partial charge in [0.15, 0.2) is 12.5 Å². The van der Waals surface area contributed by atoms with Gasteiger partial charge in [-0.05, 0) is 18.0 Å². The molecule has 25 heteroatoms. The van der Waals surface area contributed by atoms with Crippen LogP contribution < -0.4 is 80.5 Å². The monoisotopic (exact) mass is 673 g/mol. The van der Waals surface area contributed by atoms with Crippen molar-refractivity contribution in [3.63, 3.8) is 0 Å². The Morgan fingerprint density at radius 2 is 1.30 bits per heavy atom. The number of phosphoric acid groups is 2. The molecule has 21 nitrogen and oxygen atoms in total.